The van der Waals surface area contributed by atoms with Crippen LogP contribution in [0.2, 0.25) is 5.02 Å². The van der Waals surface area contributed by atoms with Crippen LogP contribution in [-0.2, 0) is 13.2 Å². The van der Waals surface area contributed by atoms with E-state index in [-0.39, 0.29) is 12.6 Å². The van der Waals surface area contributed by atoms with Gasteiger partial charge in [-0.25, -0.2) is 0 Å². The highest BCUT2D eigenvalue weighted by Crippen LogP contribution is 2.35. The summed E-state index contributed by atoms with van der Waals surface area (Å²) in [6.07, 6.45) is -0.125. The van der Waals surface area contributed by atoms with Crippen molar-refractivity contribution in [2.75, 3.05) is 27.2 Å². The first-order valence-corrected chi connectivity index (χ1v) is 12.0. The van der Waals surface area contributed by atoms with Crippen molar-refractivity contribution in [3.05, 3.63) is 64.8 Å². The number of ether oxygens (including phenoxy) is 1. The van der Waals surface area contributed by atoms with E-state index in [4.69, 9.17) is 16.3 Å². The number of likely N-dealkylation sites (tertiary alicyclic amines) is 1. The van der Waals surface area contributed by atoms with Crippen molar-refractivity contribution >= 4 is 22.5 Å². The van der Waals surface area contributed by atoms with E-state index in [2.05, 4.69) is 23.4 Å². The Bertz CT molecular complexity index is 1060. The number of aliphatic hydroxyl groups is 2. The zero-order valence-electron chi connectivity index (χ0n) is 19.6. The van der Waals surface area contributed by atoms with Crippen molar-refractivity contribution in [3.63, 3.8) is 0 Å². The molecule has 0 bridgehead atoms. The highest BCUT2D eigenvalue weighted by atomic mass is 35.5. The summed E-state index contributed by atoms with van der Waals surface area (Å²) in [5.74, 6) is 0.705. The van der Waals surface area contributed by atoms with Crippen molar-refractivity contribution in [2.45, 2.75) is 51.3 Å². The molecule has 1 saturated heterocycles. The molecule has 6 nitrogen and oxygen atoms in total. The molecule has 0 aliphatic carbocycles. The molecular formula is C26H34ClN3O3. The first-order chi connectivity index (χ1) is 15.9. The molecule has 0 radical (unpaired) electrons. The molecule has 0 amide bonds. The fourth-order valence-corrected chi connectivity index (χ4v) is 5.03. The van der Waals surface area contributed by atoms with Gasteiger partial charge in [-0.15, -0.1) is 0 Å². The zero-order chi connectivity index (χ0) is 23.5. The summed E-state index contributed by atoms with van der Waals surface area (Å²) in [5.41, 5.74) is 2.63. The second-order valence-corrected chi connectivity index (χ2v) is 9.36. The van der Waals surface area contributed by atoms with E-state index >= 15 is 0 Å². The highest BCUT2D eigenvalue weighted by molar-refractivity contribution is 6.30. The number of benzene rings is 2. The van der Waals surface area contributed by atoms with Crippen LogP contribution in [0, 0.1) is 0 Å². The van der Waals surface area contributed by atoms with Crippen LogP contribution in [0.3, 0.4) is 0 Å². The number of fused-ring (bicyclic) bond motifs is 1. The Morgan fingerprint density at radius 1 is 1.09 bits per heavy atom. The summed E-state index contributed by atoms with van der Waals surface area (Å²) in [6, 6.07) is 15.5. The Hall–Kier alpha value is -2.09. The van der Waals surface area contributed by atoms with E-state index in [1.54, 1.807) is 12.1 Å². The lowest BCUT2D eigenvalue weighted by atomic mass is 9.99. The molecule has 0 saturated carbocycles. The molecule has 1 fully saturated rings. The minimum absolute atomic E-state index is 0.235. The first kappa shape index (κ1) is 24.0. The molecule has 2 unspecified atom stereocenters. The average Bonchev–Trinajstić information content (AvgIpc) is 3.16. The molecule has 2 N–H and O–H groups in total. The zero-order valence-corrected chi connectivity index (χ0v) is 20.4. The monoisotopic (exact) mass is 471 g/mol. The van der Waals surface area contributed by atoms with Gasteiger partial charge in [0.2, 0.25) is 0 Å². The molecule has 0 spiro atoms. The Morgan fingerprint density at radius 2 is 1.76 bits per heavy atom. The van der Waals surface area contributed by atoms with Gasteiger partial charge in [0.05, 0.1) is 5.69 Å². The third kappa shape index (κ3) is 5.05. The molecular weight excluding hydrogens is 438 g/mol. The van der Waals surface area contributed by atoms with Gasteiger partial charge in [-0.1, -0.05) is 29.8 Å². The number of aliphatic hydroxyl groups excluding tert-OH is 2. The largest absolute Gasteiger partial charge is 0.487 e. The Labute approximate surface area is 200 Å². The Balaban J connectivity index is 1.66. The van der Waals surface area contributed by atoms with Gasteiger partial charge < -0.3 is 24.4 Å². The van der Waals surface area contributed by atoms with E-state index in [1.165, 1.54) is 0 Å². The van der Waals surface area contributed by atoms with Crippen LogP contribution in [0.1, 0.15) is 37.1 Å². The number of aromatic nitrogens is 1. The molecule has 2 aromatic carbocycles. The molecule has 178 valence electrons. The third-order valence-corrected chi connectivity index (χ3v) is 7.14. The summed E-state index contributed by atoms with van der Waals surface area (Å²) < 4.78 is 8.25. The lowest BCUT2D eigenvalue weighted by Gasteiger charge is -2.39. The van der Waals surface area contributed by atoms with Gasteiger partial charge >= 0.3 is 0 Å². The number of piperidine rings is 1. The first-order valence-electron chi connectivity index (χ1n) is 11.7. The van der Waals surface area contributed by atoms with Crippen LogP contribution in [0.4, 0.5) is 0 Å². The molecule has 3 aromatic rings. The van der Waals surface area contributed by atoms with Crippen molar-refractivity contribution in [3.8, 4) is 5.75 Å². The molecule has 2 heterocycles. The number of hydrogen-bond acceptors (Lipinski definition) is 5. The predicted octanol–water partition coefficient (Wildman–Crippen LogP) is 4.27. The van der Waals surface area contributed by atoms with Gasteiger partial charge in [-0.3, -0.25) is 4.90 Å². The minimum atomic E-state index is -1.06. The van der Waals surface area contributed by atoms with Gasteiger partial charge in [0, 0.05) is 34.1 Å². The fourth-order valence-electron chi connectivity index (χ4n) is 4.90. The predicted molar refractivity (Wildman–Crippen MR) is 133 cm³/mol. The normalized spacial score (nSPS) is 17.5. The minimum Gasteiger partial charge on any atom is -0.487 e. The van der Waals surface area contributed by atoms with Crippen LogP contribution in [-0.4, -0.2) is 64.0 Å². The van der Waals surface area contributed by atoms with Crippen molar-refractivity contribution in [1.82, 2.24) is 14.4 Å². The number of nitrogens with zero attached hydrogens (tertiary/aromatic N) is 3. The fraction of sp³-hybridized carbons (Fsp3) is 0.462. The van der Waals surface area contributed by atoms with Crippen LogP contribution in [0.25, 0.3) is 10.9 Å². The van der Waals surface area contributed by atoms with Gasteiger partial charge in [0.15, 0.2) is 0 Å². The van der Waals surface area contributed by atoms with Gasteiger partial charge in [0.1, 0.15) is 24.7 Å². The number of rotatable bonds is 8. The van der Waals surface area contributed by atoms with Gasteiger partial charge in [0.25, 0.3) is 0 Å². The Morgan fingerprint density at radius 3 is 2.42 bits per heavy atom. The van der Waals surface area contributed by atoms with Gasteiger partial charge in [-0.05, 0) is 77.3 Å². The van der Waals surface area contributed by atoms with E-state index in [0.717, 1.165) is 54.6 Å². The molecule has 1 aliphatic heterocycles. The van der Waals surface area contributed by atoms with Gasteiger partial charge in [-0.2, -0.15) is 0 Å². The second-order valence-electron chi connectivity index (χ2n) is 8.92. The maximum atomic E-state index is 11.5. The third-order valence-electron chi connectivity index (χ3n) is 6.89. The number of para-hydroxylation sites is 1. The van der Waals surface area contributed by atoms with Crippen molar-refractivity contribution in [1.29, 1.82) is 0 Å². The molecule has 2 atom stereocenters. The second kappa shape index (κ2) is 10.5. The summed E-state index contributed by atoms with van der Waals surface area (Å²) in [4.78, 5) is 4.23. The van der Waals surface area contributed by atoms with E-state index < -0.39 is 12.3 Å². The number of hydrogen-bond donors (Lipinski definition) is 2. The standard InChI is InChI=1S/C26H34ClN3O3/c1-4-30-22-8-6-5-7-21(22)24(23(30)17-33-20-11-9-18(27)10-12-20)25(31)26(32)29(3)19-13-15-28(2)16-14-19/h5-12,19,25-26,31-32H,4,13-17H2,1-3H3. The van der Waals surface area contributed by atoms with Crippen molar-refractivity contribution < 1.29 is 14.9 Å². The topological polar surface area (TPSA) is 61.1 Å². The molecule has 7 heteroatoms. The van der Waals surface area contributed by atoms with Crippen molar-refractivity contribution in [2.24, 2.45) is 0 Å². The van der Waals surface area contributed by atoms with E-state index in [0.29, 0.717) is 10.8 Å². The maximum Gasteiger partial charge on any atom is 0.137 e. The summed E-state index contributed by atoms with van der Waals surface area (Å²) >= 11 is 6.01. The maximum absolute atomic E-state index is 11.5. The molecule has 1 aliphatic rings. The summed E-state index contributed by atoms with van der Waals surface area (Å²) in [6.45, 7) is 5.07. The summed E-state index contributed by atoms with van der Waals surface area (Å²) in [7, 11) is 4.03. The SMILES string of the molecule is CCn1c(COc2ccc(Cl)cc2)c(C(O)C(O)N(C)C2CCN(C)CC2)c2ccccc21. The van der Waals surface area contributed by atoms with Crippen LogP contribution in [0.5, 0.6) is 5.75 Å². The number of likely N-dealkylation sites (N-methyl/N-ethyl adjacent to an activating group) is 1. The van der Waals surface area contributed by atoms with Crippen LogP contribution < -0.4 is 4.74 Å². The summed E-state index contributed by atoms with van der Waals surface area (Å²) in [5, 5.41) is 24.3. The quantitative estimate of drug-likeness (QED) is 0.480. The van der Waals surface area contributed by atoms with Crippen LogP contribution >= 0.6 is 11.6 Å². The lowest BCUT2D eigenvalue weighted by molar-refractivity contribution is -0.0974. The highest BCUT2D eigenvalue weighted by Gasteiger charge is 2.33. The van der Waals surface area contributed by atoms with E-state index in [9.17, 15) is 10.2 Å². The average molecular weight is 472 g/mol. The lowest BCUT2D eigenvalue weighted by Crippen LogP contribution is -2.48. The molecule has 33 heavy (non-hydrogen) atoms. The number of halogens is 1. The molecule has 4 rings (SSSR count). The number of aryl methyl sites for hydroxylation is 1. The Kier molecular flexibility index (Phi) is 7.62. The van der Waals surface area contributed by atoms with E-state index in [1.807, 2.05) is 48.3 Å². The molecule has 1 aromatic heterocycles. The smallest absolute Gasteiger partial charge is 0.137 e. The van der Waals surface area contributed by atoms with Crippen LogP contribution in [0.15, 0.2) is 48.5 Å².